The van der Waals surface area contributed by atoms with E-state index in [-0.39, 0.29) is 12.8 Å². The summed E-state index contributed by atoms with van der Waals surface area (Å²) in [4.78, 5) is 22.8. The molecule has 0 rings (SSSR count). The quantitative estimate of drug-likeness (QED) is 0.293. The fourth-order valence-electron chi connectivity index (χ4n) is 1.86. The first-order chi connectivity index (χ1) is 10.2. The van der Waals surface area contributed by atoms with Gasteiger partial charge < -0.3 is 15.4 Å². The molecule has 0 radical (unpaired) electrons. The molecule has 5 heteroatoms. The third-order valence-corrected chi connectivity index (χ3v) is 3.15. The average molecular weight is 300 g/mol. The zero-order chi connectivity index (χ0) is 15.8. The van der Waals surface area contributed by atoms with Crippen molar-refractivity contribution in [3.8, 4) is 0 Å². The van der Waals surface area contributed by atoms with Crippen LogP contribution >= 0.6 is 0 Å². The standard InChI is InChI=1S/C16H32N2O3/c1-3-5-7-11-17-13-9-15(19)21-16(20)10-14-18-12-8-6-4-2/h17-18H,3-14H2,1-2H3. The summed E-state index contributed by atoms with van der Waals surface area (Å²) in [5, 5.41) is 6.34. The molecule has 0 saturated heterocycles. The summed E-state index contributed by atoms with van der Waals surface area (Å²) < 4.78 is 4.75. The summed E-state index contributed by atoms with van der Waals surface area (Å²) in [5.41, 5.74) is 0. The van der Waals surface area contributed by atoms with Crippen LogP contribution in [0.2, 0.25) is 0 Å². The minimum Gasteiger partial charge on any atom is -0.393 e. The minimum atomic E-state index is -0.436. The molecule has 0 atom stereocenters. The van der Waals surface area contributed by atoms with Gasteiger partial charge in [0.25, 0.3) is 0 Å². The number of unbranched alkanes of at least 4 members (excludes halogenated alkanes) is 4. The van der Waals surface area contributed by atoms with Crippen molar-refractivity contribution in [3.63, 3.8) is 0 Å². The molecule has 0 saturated carbocycles. The van der Waals surface area contributed by atoms with Crippen molar-refractivity contribution in [1.82, 2.24) is 10.6 Å². The Hall–Kier alpha value is -0.940. The topological polar surface area (TPSA) is 67.4 Å². The van der Waals surface area contributed by atoms with E-state index in [0.29, 0.717) is 13.1 Å². The Bertz CT molecular complexity index is 244. The van der Waals surface area contributed by atoms with Gasteiger partial charge in [-0.05, 0) is 25.9 Å². The third kappa shape index (κ3) is 15.3. The second kappa shape index (κ2) is 15.4. The first-order valence-corrected chi connectivity index (χ1v) is 8.35. The number of esters is 2. The lowest BCUT2D eigenvalue weighted by Gasteiger charge is -2.06. The molecular formula is C16H32N2O3. The van der Waals surface area contributed by atoms with Crippen LogP contribution in [-0.4, -0.2) is 38.1 Å². The lowest BCUT2D eigenvalue weighted by atomic mass is 10.2. The molecule has 0 fully saturated rings. The van der Waals surface area contributed by atoms with Crippen molar-refractivity contribution in [1.29, 1.82) is 0 Å². The van der Waals surface area contributed by atoms with Crippen molar-refractivity contribution in [3.05, 3.63) is 0 Å². The van der Waals surface area contributed by atoms with Gasteiger partial charge in [-0.3, -0.25) is 9.59 Å². The maximum Gasteiger partial charge on any atom is 0.314 e. The SMILES string of the molecule is CCCCCNCCC(=O)OC(=O)CCNCCCCC. The van der Waals surface area contributed by atoms with Crippen molar-refractivity contribution < 1.29 is 14.3 Å². The summed E-state index contributed by atoms with van der Waals surface area (Å²) in [5.74, 6) is -0.872. The van der Waals surface area contributed by atoms with Crippen molar-refractivity contribution in [2.45, 2.75) is 65.2 Å². The van der Waals surface area contributed by atoms with E-state index in [2.05, 4.69) is 24.5 Å². The smallest absolute Gasteiger partial charge is 0.314 e. The Labute approximate surface area is 129 Å². The van der Waals surface area contributed by atoms with Crippen LogP contribution in [0, 0.1) is 0 Å². The molecule has 124 valence electrons. The number of carbonyl (C=O) groups is 2. The van der Waals surface area contributed by atoms with E-state index < -0.39 is 11.9 Å². The van der Waals surface area contributed by atoms with Gasteiger partial charge in [-0.2, -0.15) is 0 Å². The number of ether oxygens (including phenoxy) is 1. The van der Waals surface area contributed by atoms with Crippen molar-refractivity contribution in [2.24, 2.45) is 0 Å². The van der Waals surface area contributed by atoms with Gasteiger partial charge in [-0.1, -0.05) is 39.5 Å². The molecular weight excluding hydrogens is 268 g/mol. The van der Waals surface area contributed by atoms with Crippen LogP contribution in [0.1, 0.15) is 65.2 Å². The Balaban J connectivity index is 3.38. The van der Waals surface area contributed by atoms with Gasteiger partial charge in [0, 0.05) is 13.1 Å². The summed E-state index contributed by atoms with van der Waals surface area (Å²) in [6.45, 7) is 7.28. The summed E-state index contributed by atoms with van der Waals surface area (Å²) >= 11 is 0. The Morgan fingerprint density at radius 3 is 1.52 bits per heavy atom. The monoisotopic (exact) mass is 300 g/mol. The second-order valence-corrected chi connectivity index (χ2v) is 5.26. The molecule has 0 aromatic heterocycles. The number of rotatable bonds is 14. The maximum atomic E-state index is 11.4. The molecule has 0 aliphatic carbocycles. The van der Waals surface area contributed by atoms with E-state index in [9.17, 15) is 9.59 Å². The van der Waals surface area contributed by atoms with Gasteiger partial charge in [0.1, 0.15) is 0 Å². The number of carbonyl (C=O) groups excluding carboxylic acids is 2. The zero-order valence-electron chi connectivity index (χ0n) is 13.7. The highest BCUT2D eigenvalue weighted by Gasteiger charge is 2.09. The lowest BCUT2D eigenvalue weighted by molar-refractivity contribution is -0.159. The van der Waals surface area contributed by atoms with Gasteiger partial charge in [0.2, 0.25) is 0 Å². The van der Waals surface area contributed by atoms with Crippen LogP contribution in [0.5, 0.6) is 0 Å². The highest BCUT2D eigenvalue weighted by Crippen LogP contribution is 1.94. The first-order valence-electron chi connectivity index (χ1n) is 8.35. The van der Waals surface area contributed by atoms with Gasteiger partial charge in [-0.15, -0.1) is 0 Å². The molecule has 0 spiro atoms. The normalized spacial score (nSPS) is 10.6. The third-order valence-electron chi connectivity index (χ3n) is 3.15. The van der Waals surface area contributed by atoms with Crippen LogP contribution in [0.4, 0.5) is 0 Å². The fraction of sp³-hybridized carbons (Fsp3) is 0.875. The van der Waals surface area contributed by atoms with E-state index >= 15 is 0 Å². The van der Waals surface area contributed by atoms with Gasteiger partial charge >= 0.3 is 11.9 Å². The van der Waals surface area contributed by atoms with E-state index in [1.165, 1.54) is 25.7 Å². The van der Waals surface area contributed by atoms with Gasteiger partial charge in [-0.25, -0.2) is 0 Å². The van der Waals surface area contributed by atoms with Crippen LogP contribution in [0.15, 0.2) is 0 Å². The average Bonchev–Trinajstić information content (AvgIpc) is 2.46. The Morgan fingerprint density at radius 1 is 0.714 bits per heavy atom. The Morgan fingerprint density at radius 2 is 1.14 bits per heavy atom. The number of hydrogen-bond acceptors (Lipinski definition) is 5. The minimum absolute atomic E-state index is 0.252. The number of nitrogens with one attached hydrogen (secondary N) is 2. The molecule has 0 bridgehead atoms. The predicted molar refractivity (Wildman–Crippen MR) is 85.1 cm³/mol. The second-order valence-electron chi connectivity index (χ2n) is 5.26. The Kier molecular flexibility index (Phi) is 14.8. The van der Waals surface area contributed by atoms with Crippen molar-refractivity contribution >= 4 is 11.9 Å². The largest absolute Gasteiger partial charge is 0.393 e. The summed E-state index contributed by atoms with van der Waals surface area (Å²) in [6.07, 6.45) is 7.50. The zero-order valence-corrected chi connectivity index (χ0v) is 13.7. The van der Waals surface area contributed by atoms with E-state index in [0.717, 1.165) is 25.9 Å². The molecule has 2 N–H and O–H groups in total. The summed E-state index contributed by atoms with van der Waals surface area (Å²) in [7, 11) is 0. The van der Waals surface area contributed by atoms with Crippen LogP contribution in [0.3, 0.4) is 0 Å². The van der Waals surface area contributed by atoms with E-state index in [4.69, 9.17) is 4.74 Å². The molecule has 0 aromatic rings. The molecule has 0 aliphatic rings. The first kappa shape index (κ1) is 20.1. The van der Waals surface area contributed by atoms with Crippen LogP contribution < -0.4 is 10.6 Å². The molecule has 0 aromatic carbocycles. The number of hydrogen-bond donors (Lipinski definition) is 2. The lowest BCUT2D eigenvalue weighted by Crippen LogP contribution is -2.24. The molecule has 0 aliphatic heterocycles. The predicted octanol–water partition coefficient (Wildman–Crippen LogP) is 2.40. The molecule has 0 amide bonds. The van der Waals surface area contributed by atoms with E-state index in [1.807, 2.05) is 0 Å². The maximum absolute atomic E-state index is 11.4. The highest BCUT2D eigenvalue weighted by atomic mass is 16.6. The molecule has 0 heterocycles. The van der Waals surface area contributed by atoms with Crippen LogP contribution in [-0.2, 0) is 14.3 Å². The summed E-state index contributed by atoms with van der Waals surface area (Å²) in [6, 6.07) is 0. The van der Waals surface area contributed by atoms with Crippen molar-refractivity contribution in [2.75, 3.05) is 26.2 Å². The highest BCUT2D eigenvalue weighted by molar-refractivity contribution is 5.85. The van der Waals surface area contributed by atoms with Crippen LogP contribution in [0.25, 0.3) is 0 Å². The van der Waals surface area contributed by atoms with Gasteiger partial charge in [0.05, 0.1) is 12.8 Å². The van der Waals surface area contributed by atoms with Gasteiger partial charge in [0.15, 0.2) is 0 Å². The molecule has 21 heavy (non-hydrogen) atoms. The fourth-order valence-corrected chi connectivity index (χ4v) is 1.86. The molecule has 5 nitrogen and oxygen atoms in total. The van der Waals surface area contributed by atoms with E-state index in [1.54, 1.807) is 0 Å². The molecule has 0 unspecified atom stereocenters.